The van der Waals surface area contributed by atoms with Gasteiger partial charge in [0.1, 0.15) is 0 Å². The molecule has 1 aromatic rings. The van der Waals surface area contributed by atoms with Gasteiger partial charge in [-0.15, -0.1) is 11.3 Å². The van der Waals surface area contributed by atoms with Gasteiger partial charge in [0.25, 0.3) is 0 Å². The second-order valence-electron chi connectivity index (χ2n) is 2.10. The van der Waals surface area contributed by atoms with Gasteiger partial charge < -0.3 is 5.73 Å². The largest absolute Gasteiger partial charge is 0.330 e. The van der Waals surface area contributed by atoms with Crippen molar-refractivity contribution in [3.63, 3.8) is 0 Å². The zero-order valence-corrected chi connectivity index (χ0v) is 8.04. The van der Waals surface area contributed by atoms with Crippen LogP contribution < -0.4 is 5.73 Å². The van der Waals surface area contributed by atoms with Gasteiger partial charge in [-0.2, -0.15) is 0 Å². The van der Waals surface area contributed by atoms with Gasteiger partial charge in [0, 0.05) is 4.88 Å². The Balaban J connectivity index is 2.42. The summed E-state index contributed by atoms with van der Waals surface area (Å²) in [6.45, 7) is 0.787. The van der Waals surface area contributed by atoms with Crippen LogP contribution in [0, 0.1) is 0 Å². The van der Waals surface area contributed by atoms with Crippen molar-refractivity contribution in [2.75, 3.05) is 6.54 Å². The van der Waals surface area contributed by atoms with E-state index in [1.54, 1.807) is 11.3 Å². The van der Waals surface area contributed by atoms with Crippen LogP contribution in [0.1, 0.15) is 11.3 Å². The van der Waals surface area contributed by atoms with E-state index in [1.165, 1.54) is 8.66 Å². The number of nitrogens with two attached hydrogens (primary N) is 1. The van der Waals surface area contributed by atoms with E-state index in [2.05, 4.69) is 28.1 Å². The van der Waals surface area contributed by atoms with Crippen LogP contribution in [0.25, 0.3) is 0 Å². The zero-order chi connectivity index (χ0) is 7.40. The number of hydrogen-bond acceptors (Lipinski definition) is 2. The first kappa shape index (κ1) is 8.24. The molecule has 0 bridgehead atoms. The zero-order valence-electron chi connectivity index (χ0n) is 5.64. The number of rotatable bonds is 3. The van der Waals surface area contributed by atoms with Gasteiger partial charge in [0.05, 0.1) is 3.79 Å². The van der Waals surface area contributed by atoms with Crippen LogP contribution in [0.15, 0.2) is 15.9 Å². The lowest BCUT2D eigenvalue weighted by atomic mass is 10.3. The Morgan fingerprint density at radius 3 is 2.80 bits per heavy atom. The van der Waals surface area contributed by atoms with E-state index in [-0.39, 0.29) is 0 Å². The molecule has 0 fully saturated rings. The minimum absolute atomic E-state index is 0.787. The minimum Gasteiger partial charge on any atom is -0.330 e. The molecule has 0 aliphatic carbocycles. The average molecular weight is 220 g/mol. The Morgan fingerprint density at radius 1 is 1.50 bits per heavy atom. The van der Waals surface area contributed by atoms with E-state index in [1.807, 2.05) is 0 Å². The van der Waals surface area contributed by atoms with Crippen molar-refractivity contribution in [1.82, 2.24) is 0 Å². The Bertz CT molecular complexity index is 197. The molecule has 0 aliphatic rings. The van der Waals surface area contributed by atoms with Crippen LogP contribution in [-0.2, 0) is 6.42 Å². The van der Waals surface area contributed by atoms with Crippen molar-refractivity contribution < 1.29 is 0 Å². The molecule has 0 spiro atoms. The molecule has 1 heterocycles. The Kier molecular flexibility index (Phi) is 3.39. The highest BCUT2D eigenvalue weighted by atomic mass is 79.9. The first-order valence-electron chi connectivity index (χ1n) is 3.27. The quantitative estimate of drug-likeness (QED) is 0.831. The maximum Gasteiger partial charge on any atom is 0.0701 e. The van der Waals surface area contributed by atoms with Crippen LogP contribution in [-0.4, -0.2) is 6.54 Å². The summed E-state index contributed by atoms with van der Waals surface area (Å²) >= 11 is 5.20. The lowest BCUT2D eigenvalue weighted by Crippen LogP contribution is -1.98. The normalized spacial score (nSPS) is 10.2. The monoisotopic (exact) mass is 219 g/mol. The summed E-state index contributed by atoms with van der Waals surface area (Å²) in [4.78, 5) is 1.41. The SMILES string of the molecule is NCCCc1ccc(Br)s1. The van der Waals surface area contributed by atoms with Crippen molar-refractivity contribution in [2.24, 2.45) is 5.73 Å². The van der Waals surface area contributed by atoms with Crippen LogP contribution in [0.3, 0.4) is 0 Å². The highest BCUT2D eigenvalue weighted by molar-refractivity contribution is 9.11. The van der Waals surface area contributed by atoms with E-state index in [0.717, 1.165) is 19.4 Å². The van der Waals surface area contributed by atoms with Crippen LogP contribution in [0.2, 0.25) is 0 Å². The average Bonchev–Trinajstić information content (AvgIpc) is 2.31. The lowest BCUT2D eigenvalue weighted by Gasteiger charge is -1.91. The van der Waals surface area contributed by atoms with Gasteiger partial charge in [0.15, 0.2) is 0 Å². The second kappa shape index (κ2) is 4.11. The van der Waals surface area contributed by atoms with Gasteiger partial charge in [-0.05, 0) is 47.4 Å². The maximum atomic E-state index is 5.38. The molecule has 0 atom stereocenters. The molecule has 0 amide bonds. The topological polar surface area (TPSA) is 26.0 Å². The second-order valence-corrected chi connectivity index (χ2v) is 4.65. The van der Waals surface area contributed by atoms with Gasteiger partial charge in [-0.3, -0.25) is 0 Å². The molecule has 0 aromatic carbocycles. The van der Waals surface area contributed by atoms with Crippen molar-refractivity contribution in [3.8, 4) is 0 Å². The molecule has 0 saturated heterocycles. The summed E-state index contributed by atoms with van der Waals surface area (Å²) < 4.78 is 1.21. The molecule has 0 radical (unpaired) electrons. The molecular formula is C7H10BrNS. The van der Waals surface area contributed by atoms with E-state index in [9.17, 15) is 0 Å². The predicted molar refractivity (Wildman–Crippen MR) is 49.4 cm³/mol. The Labute approximate surface area is 73.4 Å². The third-order valence-electron chi connectivity index (χ3n) is 1.26. The van der Waals surface area contributed by atoms with Crippen molar-refractivity contribution in [3.05, 3.63) is 20.8 Å². The van der Waals surface area contributed by atoms with Gasteiger partial charge >= 0.3 is 0 Å². The fourth-order valence-electron chi connectivity index (χ4n) is 0.762. The summed E-state index contributed by atoms with van der Waals surface area (Å²) in [5, 5.41) is 0. The molecular weight excluding hydrogens is 210 g/mol. The van der Waals surface area contributed by atoms with E-state index >= 15 is 0 Å². The third kappa shape index (κ3) is 2.40. The van der Waals surface area contributed by atoms with Crippen LogP contribution in [0.4, 0.5) is 0 Å². The summed E-state index contributed by atoms with van der Waals surface area (Å²) in [7, 11) is 0. The molecule has 2 N–H and O–H groups in total. The minimum atomic E-state index is 0.787. The number of hydrogen-bond donors (Lipinski definition) is 1. The summed E-state index contributed by atoms with van der Waals surface area (Å²) in [6.07, 6.45) is 2.21. The lowest BCUT2D eigenvalue weighted by molar-refractivity contribution is 0.843. The summed E-state index contributed by atoms with van der Waals surface area (Å²) in [5.41, 5.74) is 5.38. The number of halogens is 1. The molecule has 3 heteroatoms. The molecule has 1 nitrogen and oxygen atoms in total. The Hall–Kier alpha value is 0.140. The Morgan fingerprint density at radius 2 is 2.30 bits per heavy atom. The fraction of sp³-hybridized carbons (Fsp3) is 0.429. The van der Waals surface area contributed by atoms with Crippen molar-refractivity contribution in [1.29, 1.82) is 0 Å². The third-order valence-corrected chi connectivity index (χ3v) is 2.94. The van der Waals surface area contributed by atoms with Gasteiger partial charge in [-0.25, -0.2) is 0 Å². The maximum absolute atomic E-state index is 5.38. The first-order valence-corrected chi connectivity index (χ1v) is 4.88. The summed E-state index contributed by atoms with van der Waals surface area (Å²) in [6, 6.07) is 4.22. The predicted octanol–water partition coefficient (Wildman–Crippen LogP) is 2.40. The number of aryl methyl sites for hydroxylation is 1. The molecule has 10 heavy (non-hydrogen) atoms. The summed E-state index contributed by atoms with van der Waals surface area (Å²) in [5.74, 6) is 0. The number of thiophene rings is 1. The highest BCUT2D eigenvalue weighted by Crippen LogP contribution is 2.22. The van der Waals surface area contributed by atoms with Crippen LogP contribution in [0.5, 0.6) is 0 Å². The van der Waals surface area contributed by atoms with E-state index < -0.39 is 0 Å². The highest BCUT2D eigenvalue weighted by Gasteiger charge is 1.95. The van der Waals surface area contributed by atoms with E-state index in [4.69, 9.17) is 5.73 Å². The van der Waals surface area contributed by atoms with Crippen molar-refractivity contribution in [2.45, 2.75) is 12.8 Å². The van der Waals surface area contributed by atoms with E-state index in [0.29, 0.717) is 0 Å². The van der Waals surface area contributed by atoms with Crippen LogP contribution >= 0.6 is 27.3 Å². The fourth-order valence-corrected chi connectivity index (χ4v) is 2.29. The molecule has 1 aromatic heterocycles. The molecule has 1 rings (SSSR count). The van der Waals surface area contributed by atoms with Gasteiger partial charge in [-0.1, -0.05) is 0 Å². The van der Waals surface area contributed by atoms with Crippen molar-refractivity contribution >= 4 is 27.3 Å². The smallest absolute Gasteiger partial charge is 0.0701 e. The van der Waals surface area contributed by atoms with Gasteiger partial charge in [0.2, 0.25) is 0 Å². The molecule has 0 unspecified atom stereocenters. The molecule has 0 aliphatic heterocycles. The first-order chi connectivity index (χ1) is 4.83. The standard InChI is InChI=1S/C7H10BrNS/c8-7-4-3-6(10-7)2-1-5-9/h3-4H,1-2,5,9H2. The molecule has 0 saturated carbocycles. The molecule has 56 valence electrons.